The molecule has 0 amide bonds. The maximum absolute atomic E-state index is 4.60. The number of tetrazole rings is 1. The molecule has 0 saturated heterocycles. The number of anilines is 1. The second-order valence-corrected chi connectivity index (χ2v) is 5.72. The Morgan fingerprint density at radius 1 is 1.35 bits per heavy atom. The first-order valence-electron chi connectivity index (χ1n) is 6.74. The fourth-order valence-electron chi connectivity index (χ4n) is 1.93. The summed E-state index contributed by atoms with van der Waals surface area (Å²) in [6.07, 6.45) is 3.11. The predicted molar refractivity (Wildman–Crippen MR) is 75.9 cm³/mol. The molecule has 1 aliphatic rings. The van der Waals surface area contributed by atoms with Crippen LogP contribution in [0.4, 0.5) is 5.82 Å². The van der Waals surface area contributed by atoms with Gasteiger partial charge >= 0.3 is 0 Å². The molecule has 0 radical (unpaired) electrons. The van der Waals surface area contributed by atoms with E-state index in [0.717, 1.165) is 46.7 Å². The SMILES string of the molecule is CCc1nc(NC)c(C)c(Sc2nnnn2C2CC2)n1. The van der Waals surface area contributed by atoms with E-state index in [1.54, 1.807) is 0 Å². The van der Waals surface area contributed by atoms with Crippen LogP contribution in [0.5, 0.6) is 0 Å². The van der Waals surface area contributed by atoms with Crippen LogP contribution in [0.15, 0.2) is 10.2 Å². The van der Waals surface area contributed by atoms with Gasteiger partial charge in [0.05, 0.1) is 6.04 Å². The highest BCUT2D eigenvalue weighted by atomic mass is 32.2. The highest BCUT2D eigenvalue weighted by Gasteiger charge is 2.28. The van der Waals surface area contributed by atoms with Gasteiger partial charge < -0.3 is 5.32 Å². The molecular weight excluding hydrogens is 274 g/mol. The zero-order valence-corrected chi connectivity index (χ0v) is 12.6. The van der Waals surface area contributed by atoms with E-state index in [4.69, 9.17) is 0 Å². The van der Waals surface area contributed by atoms with Crippen molar-refractivity contribution in [2.45, 2.75) is 49.3 Å². The van der Waals surface area contributed by atoms with E-state index < -0.39 is 0 Å². The Labute approximate surface area is 121 Å². The van der Waals surface area contributed by atoms with Crippen molar-refractivity contribution < 1.29 is 0 Å². The van der Waals surface area contributed by atoms with Gasteiger partial charge in [0.15, 0.2) is 0 Å². The number of hydrogen-bond donors (Lipinski definition) is 1. The van der Waals surface area contributed by atoms with Crippen LogP contribution in [0, 0.1) is 6.92 Å². The van der Waals surface area contributed by atoms with E-state index in [9.17, 15) is 0 Å². The number of nitrogens with one attached hydrogen (secondary N) is 1. The van der Waals surface area contributed by atoms with Crippen LogP contribution in [-0.4, -0.2) is 37.2 Å². The summed E-state index contributed by atoms with van der Waals surface area (Å²) in [5.41, 5.74) is 1.03. The topological polar surface area (TPSA) is 81.4 Å². The second-order valence-electron chi connectivity index (χ2n) is 4.76. The molecule has 1 saturated carbocycles. The Morgan fingerprint density at radius 3 is 2.80 bits per heavy atom. The van der Waals surface area contributed by atoms with E-state index in [2.05, 4.69) is 30.8 Å². The summed E-state index contributed by atoms with van der Waals surface area (Å²) >= 11 is 1.51. The molecule has 1 aliphatic carbocycles. The van der Waals surface area contributed by atoms with Gasteiger partial charge in [0.1, 0.15) is 16.7 Å². The van der Waals surface area contributed by atoms with Gasteiger partial charge in [0.2, 0.25) is 5.16 Å². The lowest BCUT2D eigenvalue weighted by Crippen LogP contribution is -2.05. The molecule has 7 nitrogen and oxygen atoms in total. The minimum atomic E-state index is 0.462. The Bertz CT molecular complexity index is 620. The molecule has 0 unspecified atom stereocenters. The molecule has 2 aromatic rings. The average molecular weight is 291 g/mol. The molecule has 0 atom stereocenters. The third kappa shape index (κ3) is 2.47. The van der Waals surface area contributed by atoms with Crippen LogP contribution < -0.4 is 5.32 Å². The maximum atomic E-state index is 4.60. The average Bonchev–Trinajstić information content (AvgIpc) is 3.21. The first-order chi connectivity index (χ1) is 9.72. The number of rotatable bonds is 5. The molecule has 1 N–H and O–H groups in total. The lowest BCUT2D eigenvalue weighted by molar-refractivity contribution is 0.565. The molecular formula is C12H17N7S. The normalized spacial score (nSPS) is 14.6. The molecule has 2 heterocycles. The molecule has 2 aromatic heterocycles. The summed E-state index contributed by atoms with van der Waals surface area (Å²) in [4.78, 5) is 9.07. The Morgan fingerprint density at radius 2 is 2.15 bits per heavy atom. The Balaban J connectivity index is 1.94. The highest BCUT2D eigenvalue weighted by molar-refractivity contribution is 7.99. The van der Waals surface area contributed by atoms with Crippen LogP contribution in [0.3, 0.4) is 0 Å². The van der Waals surface area contributed by atoms with Crippen molar-refractivity contribution in [3.05, 3.63) is 11.4 Å². The fourth-order valence-corrected chi connectivity index (χ4v) is 2.86. The molecule has 0 spiro atoms. The number of aromatic nitrogens is 6. The second kappa shape index (κ2) is 5.35. The molecule has 1 fully saturated rings. The first kappa shape index (κ1) is 13.3. The molecule has 0 aliphatic heterocycles. The van der Waals surface area contributed by atoms with Gasteiger partial charge in [-0.1, -0.05) is 6.92 Å². The van der Waals surface area contributed by atoms with Crippen LogP contribution >= 0.6 is 11.8 Å². The molecule has 20 heavy (non-hydrogen) atoms. The van der Waals surface area contributed by atoms with Crippen LogP contribution in [0.2, 0.25) is 0 Å². The lowest BCUT2D eigenvalue weighted by atomic mass is 10.3. The maximum Gasteiger partial charge on any atom is 0.215 e. The van der Waals surface area contributed by atoms with Gasteiger partial charge in [-0.15, -0.1) is 5.10 Å². The summed E-state index contributed by atoms with van der Waals surface area (Å²) < 4.78 is 1.90. The molecule has 8 heteroatoms. The zero-order chi connectivity index (χ0) is 14.1. The quantitative estimate of drug-likeness (QED) is 0.842. The Hall–Kier alpha value is -1.70. The summed E-state index contributed by atoms with van der Waals surface area (Å²) in [6.45, 7) is 4.06. The standard InChI is InChI=1S/C12H17N7S/c1-4-9-14-10(13-3)7(2)11(15-9)20-12-16-17-18-19(12)8-5-6-8/h8H,4-6H2,1-3H3,(H,13,14,15). The third-order valence-electron chi connectivity index (χ3n) is 3.24. The van der Waals surface area contributed by atoms with Gasteiger partial charge in [-0.3, -0.25) is 0 Å². The predicted octanol–water partition coefficient (Wildman–Crippen LogP) is 1.86. The van der Waals surface area contributed by atoms with Crippen molar-refractivity contribution in [2.24, 2.45) is 0 Å². The number of aryl methyl sites for hydroxylation is 1. The minimum absolute atomic E-state index is 0.462. The molecule has 3 rings (SSSR count). The van der Waals surface area contributed by atoms with Crippen LogP contribution in [0.25, 0.3) is 0 Å². The van der Waals surface area contributed by atoms with Gasteiger partial charge in [-0.25, -0.2) is 14.6 Å². The fraction of sp³-hybridized carbons (Fsp3) is 0.583. The van der Waals surface area contributed by atoms with Gasteiger partial charge in [0.25, 0.3) is 0 Å². The van der Waals surface area contributed by atoms with Crippen molar-refractivity contribution >= 4 is 17.6 Å². The van der Waals surface area contributed by atoms with E-state index >= 15 is 0 Å². The van der Waals surface area contributed by atoms with E-state index in [-0.39, 0.29) is 0 Å². The van der Waals surface area contributed by atoms with E-state index in [1.807, 2.05) is 25.6 Å². The van der Waals surface area contributed by atoms with E-state index in [0.29, 0.717) is 6.04 Å². The summed E-state index contributed by atoms with van der Waals surface area (Å²) in [5.74, 6) is 1.69. The van der Waals surface area contributed by atoms with Gasteiger partial charge in [0, 0.05) is 19.0 Å². The Kier molecular flexibility index (Phi) is 3.56. The summed E-state index contributed by atoms with van der Waals surface area (Å²) in [7, 11) is 1.87. The van der Waals surface area contributed by atoms with Crippen molar-refractivity contribution in [3.63, 3.8) is 0 Å². The van der Waals surface area contributed by atoms with Crippen molar-refractivity contribution in [1.82, 2.24) is 30.2 Å². The summed E-state index contributed by atoms with van der Waals surface area (Å²) in [5, 5.41) is 16.8. The number of nitrogens with zero attached hydrogens (tertiary/aromatic N) is 6. The summed E-state index contributed by atoms with van der Waals surface area (Å²) in [6, 6.07) is 0.462. The third-order valence-corrected chi connectivity index (χ3v) is 4.29. The molecule has 106 valence electrons. The highest BCUT2D eigenvalue weighted by Crippen LogP contribution is 2.38. The van der Waals surface area contributed by atoms with Gasteiger partial charge in [-0.05, 0) is 42.0 Å². The number of hydrogen-bond acceptors (Lipinski definition) is 7. The van der Waals surface area contributed by atoms with Crippen molar-refractivity contribution in [2.75, 3.05) is 12.4 Å². The van der Waals surface area contributed by atoms with Crippen LogP contribution in [0.1, 0.15) is 37.2 Å². The zero-order valence-electron chi connectivity index (χ0n) is 11.8. The molecule has 0 aromatic carbocycles. The van der Waals surface area contributed by atoms with Crippen molar-refractivity contribution in [3.8, 4) is 0 Å². The van der Waals surface area contributed by atoms with Crippen LogP contribution in [-0.2, 0) is 6.42 Å². The largest absolute Gasteiger partial charge is 0.373 e. The van der Waals surface area contributed by atoms with Crippen molar-refractivity contribution in [1.29, 1.82) is 0 Å². The van der Waals surface area contributed by atoms with Gasteiger partial charge in [-0.2, -0.15) is 0 Å². The van der Waals surface area contributed by atoms with E-state index in [1.165, 1.54) is 11.8 Å². The lowest BCUT2D eigenvalue weighted by Gasteiger charge is -2.10. The minimum Gasteiger partial charge on any atom is -0.373 e. The smallest absolute Gasteiger partial charge is 0.215 e. The monoisotopic (exact) mass is 291 g/mol. The first-order valence-corrected chi connectivity index (χ1v) is 7.55. The molecule has 0 bridgehead atoms.